The molecule has 1 heterocycles. The highest BCUT2D eigenvalue weighted by atomic mass is 16.5. The number of allylic oxidation sites excluding steroid dienone is 2. The highest BCUT2D eigenvalue weighted by Gasteiger charge is 2.14. The molecule has 0 unspecified atom stereocenters. The van der Waals surface area contributed by atoms with E-state index in [1.54, 1.807) is 0 Å². The molecule has 0 aliphatic heterocycles. The van der Waals surface area contributed by atoms with Gasteiger partial charge < -0.3 is 9.72 Å². The number of H-pyrrole nitrogens is 1. The molecule has 0 aliphatic rings. The Balaban J connectivity index is 1.82. The van der Waals surface area contributed by atoms with Gasteiger partial charge in [0.05, 0.1) is 23.1 Å². The quantitative estimate of drug-likeness (QED) is 0.355. The maximum atomic E-state index is 13.0. The average Bonchev–Trinajstić information content (AvgIpc) is 2.84. The first-order valence-electron chi connectivity index (χ1n) is 11.2. The number of ether oxygens (including phenoxy) is 1. The Morgan fingerprint density at radius 3 is 2.53 bits per heavy atom. The van der Waals surface area contributed by atoms with Crippen molar-refractivity contribution in [2.24, 2.45) is 0 Å². The molecular weight excluding hydrogens is 396 g/mol. The topological polar surface area (TPSA) is 55.0 Å². The molecule has 1 aromatic heterocycles. The fourth-order valence-electron chi connectivity index (χ4n) is 3.85. The zero-order valence-corrected chi connectivity index (χ0v) is 18.6. The minimum atomic E-state index is -0.143. The third-order valence-electron chi connectivity index (χ3n) is 5.49. The third kappa shape index (κ3) is 4.65. The van der Waals surface area contributed by atoms with Crippen LogP contribution in [0.25, 0.3) is 27.9 Å². The normalized spacial score (nSPS) is 11.6. The molecule has 4 rings (SSSR count). The van der Waals surface area contributed by atoms with E-state index < -0.39 is 0 Å². The summed E-state index contributed by atoms with van der Waals surface area (Å²) in [7, 11) is 0. The molecule has 0 bridgehead atoms. The zero-order chi connectivity index (χ0) is 22.3. The fraction of sp³-hybridized carbons (Fsp3) is 0.214. The van der Waals surface area contributed by atoms with Gasteiger partial charge in [-0.1, -0.05) is 74.5 Å². The molecule has 0 aliphatic carbocycles. The highest BCUT2D eigenvalue weighted by molar-refractivity contribution is 5.91. The van der Waals surface area contributed by atoms with Gasteiger partial charge in [0.2, 0.25) is 0 Å². The van der Waals surface area contributed by atoms with E-state index in [0.29, 0.717) is 17.8 Å². The molecular formula is C28H28N2O2. The van der Waals surface area contributed by atoms with E-state index in [-0.39, 0.29) is 5.56 Å². The first kappa shape index (κ1) is 21.6. The number of nitrogens with one attached hydrogen (secondary N) is 1. The Kier molecular flexibility index (Phi) is 6.81. The van der Waals surface area contributed by atoms with E-state index >= 15 is 0 Å². The average molecular weight is 425 g/mol. The molecule has 4 nitrogen and oxygen atoms in total. The SMILES string of the molecule is CCCOc1ccccc1-c1nc2c(C(=CCc3ccccc3)CC)cccc2c(=O)[nH]1. The number of aromatic amines is 1. The van der Waals surface area contributed by atoms with E-state index in [2.05, 4.69) is 55.2 Å². The van der Waals surface area contributed by atoms with Crippen LogP contribution in [0.3, 0.4) is 0 Å². The third-order valence-corrected chi connectivity index (χ3v) is 5.49. The molecule has 0 atom stereocenters. The summed E-state index contributed by atoms with van der Waals surface area (Å²) in [4.78, 5) is 20.9. The summed E-state index contributed by atoms with van der Waals surface area (Å²) in [5.74, 6) is 1.25. The second-order valence-electron chi connectivity index (χ2n) is 7.73. The van der Waals surface area contributed by atoms with Crippen LogP contribution >= 0.6 is 0 Å². The van der Waals surface area contributed by atoms with Crippen molar-refractivity contribution in [2.45, 2.75) is 33.1 Å². The monoisotopic (exact) mass is 424 g/mol. The van der Waals surface area contributed by atoms with Crippen molar-refractivity contribution in [1.29, 1.82) is 0 Å². The minimum absolute atomic E-state index is 0.143. The van der Waals surface area contributed by atoms with Crippen LogP contribution in [-0.4, -0.2) is 16.6 Å². The first-order valence-corrected chi connectivity index (χ1v) is 11.2. The van der Waals surface area contributed by atoms with Crippen LogP contribution in [0.4, 0.5) is 0 Å². The molecule has 0 saturated heterocycles. The maximum Gasteiger partial charge on any atom is 0.259 e. The van der Waals surface area contributed by atoms with Gasteiger partial charge in [-0.15, -0.1) is 0 Å². The number of para-hydroxylation sites is 2. The second kappa shape index (κ2) is 10.1. The lowest BCUT2D eigenvalue weighted by molar-refractivity contribution is 0.318. The maximum absolute atomic E-state index is 13.0. The molecule has 32 heavy (non-hydrogen) atoms. The Labute approximate surface area is 188 Å². The van der Waals surface area contributed by atoms with Gasteiger partial charge in [0.15, 0.2) is 0 Å². The van der Waals surface area contributed by atoms with Gasteiger partial charge in [0.1, 0.15) is 11.6 Å². The summed E-state index contributed by atoms with van der Waals surface area (Å²) in [6.07, 6.45) is 4.84. The lowest BCUT2D eigenvalue weighted by Gasteiger charge is -2.13. The van der Waals surface area contributed by atoms with Crippen molar-refractivity contribution in [1.82, 2.24) is 9.97 Å². The lowest BCUT2D eigenvalue weighted by Crippen LogP contribution is -2.11. The Hall–Kier alpha value is -3.66. The van der Waals surface area contributed by atoms with Crippen molar-refractivity contribution in [3.63, 3.8) is 0 Å². The summed E-state index contributed by atoms with van der Waals surface area (Å²) in [6.45, 7) is 4.82. The van der Waals surface area contributed by atoms with Gasteiger partial charge >= 0.3 is 0 Å². The molecule has 0 radical (unpaired) electrons. The molecule has 0 spiro atoms. The number of aromatic nitrogens is 2. The Morgan fingerprint density at radius 2 is 1.75 bits per heavy atom. The number of rotatable bonds is 8. The standard InChI is InChI=1S/C28H28N2O2/c1-3-19-32-25-16-9-8-13-23(25)27-29-26-22(14-10-15-24(26)28(31)30-27)21(4-2)18-17-20-11-6-5-7-12-20/h5-16,18H,3-4,17,19H2,1-2H3,(H,29,30,31). The predicted molar refractivity (Wildman–Crippen MR) is 132 cm³/mol. The van der Waals surface area contributed by atoms with E-state index in [9.17, 15) is 4.79 Å². The number of benzene rings is 3. The van der Waals surface area contributed by atoms with Gasteiger partial charge in [-0.25, -0.2) is 4.98 Å². The number of nitrogens with zero attached hydrogens (tertiary/aromatic N) is 1. The first-order chi connectivity index (χ1) is 15.7. The van der Waals surface area contributed by atoms with E-state index in [0.717, 1.165) is 41.7 Å². The van der Waals surface area contributed by atoms with Gasteiger partial charge in [-0.3, -0.25) is 4.79 Å². The highest BCUT2D eigenvalue weighted by Crippen LogP contribution is 2.30. The van der Waals surface area contributed by atoms with Crippen molar-refractivity contribution >= 4 is 16.5 Å². The van der Waals surface area contributed by atoms with Crippen LogP contribution in [0.5, 0.6) is 5.75 Å². The van der Waals surface area contributed by atoms with E-state index in [1.165, 1.54) is 11.1 Å². The molecule has 1 N–H and O–H groups in total. The van der Waals surface area contributed by atoms with Crippen LogP contribution in [0.2, 0.25) is 0 Å². The fourth-order valence-corrected chi connectivity index (χ4v) is 3.85. The van der Waals surface area contributed by atoms with E-state index in [4.69, 9.17) is 9.72 Å². The molecule has 0 amide bonds. The molecule has 3 aromatic carbocycles. The van der Waals surface area contributed by atoms with Crippen LogP contribution < -0.4 is 10.3 Å². The van der Waals surface area contributed by atoms with Crippen molar-refractivity contribution < 1.29 is 4.74 Å². The van der Waals surface area contributed by atoms with Crippen LogP contribution in [0.1, 0.15) is 37.8 Å². The lowest BCUT2D eigenvalue weighted by atomic mass is 9.98. The number of fused-ring (bicyclic) bond motifs is 1. The predicted octanol–water partition coefficient (Wildman–Crippen LogP) is 6.42. The van der Waals surface area contributed by atoms with Gasteiger partial charge in [-0.2, -0.15) is 0 Å². The Morgan fingerprint density at radius 1 is 0.969 bits per heavy atom. The molecule has 162 valence electrons. The summed E-state index contributed by atoms with van der Waals surface area (Å²) < 4.78 is 5.91. The van der Waals surface area contributed by atoms with Crippen LogP contribution in [0, 0.1) is 0 Å². The van der Waals surface area contributed by atoms with Crippen molar-refractivity contribution in [2.75, 3.05) is 6.61 Å². The summed E-state index contributed by atoms with van der Waals surface area (Å²) in [6, 6.07) is 23.9. The summed E-state index contributed by atoms with van der Waals surface area (Å²) in [5, 5.41) is 0.595. The van der Waals surface area contributed by atoms with Crippen molar-refractivity contribution in [3.05, 3.63) is 100 Å². The summed E-state index contributed by atoms with van der Waals surface area (Å²) in [5.41, 5.74) is 4.81. The number of hydrogen-bond acceptors (Lipinski definition) is 3. The van der Waals surface area contributed by atoms with Gasteiger partial charge in [0.25, 0.3) is 5.56 Å². The van der Waals surface area contributed by atoms with Crippen LogP contribution in [-0.2, 0) is 6.42 Å². The Bertz CT molecular complexity index is 1290. The molecule has 4 heteroatoms. The largest absolute Gasteiger partial charge is 0.493 e. The minimum Gasteiger partial charge on any atom is -0.493 e. The molecule has 0 fully saturated rings. The van der Waals surface area contributed by atoms with Gasteiger partial charge in [-0.05, 0) is 48.6 Å². The number of hydrogen-bond donors (Lipinski definition) is 1. The second-order valence-corrected chi connectivity index (χ2v) is 7.73. The smallest absolute Gasteiger partial charge is 0.259 e. The van der Waals surface area contributed by atoms with Crippen molar-refractivity contribution in [3.8, 4) is 17.1 Å². The molecule has 0 saturated carbocycles. The molecule has 4 aromatic rings. The van der Waals surface area contributed by atoms with E-state index in [1.807, 2.05) is 42.5 Å². The zero-order valence-electron chi connectivity index (χ0n) is 18.6. The van der Waals surface area contributed by atoms with Crippen LogP contribution in [0.15, 0.2) is 83.7 Å². The van der Waals surface area contributed by atoms with Gasteiger partial charge in [0, 0.05) is 5.56 Å². The summed E-state index contributed by atoms with van der Waals surface area (Å²) >= 11 is 0.